The smallest absolute Gasteiger partial charge is 0.446 e. The quantitative estimate of drug-likeness (QED) is 0.513. The summed E-state index contributed by atoms with van der Waals surface area (Å²) in [5.41, 5.74) is 0. The molecule has 96 valence electrons. The second kappa shape index (κ2) is 4.37. The van der Waals surface area contributed by atoms with Crippen LogP contribution < -0.4 is 8.92 Å². The van der Waals surface area contributed by atoms with E-state index >= 15 is 0 Å². The van der Waals surface area contributed by atoms with Crippen LogP contribution in [0.15, 0.2) is 0 Å². The maximum absolute atomic E-state index is 13.1. The van der Waals surface area contributed by atoms with E-state index in [0.717, 1.165) is 7.11 Å². The molecule has 0 saturated heterocycles. The van der Waals surface area contributed by atoms with Gasteiger partial charge in [-0.15, -0.1) is 0 Å². The van der Waals surface area contributed by atoms with Crippen LogP contribution in [0, 0.1) is 23.3 Å². The Hall–Kier alpha value is -1.55. The van der Waals surface area contributed by atoms with E-state index in [0.29, 0.717) is 0 Å². The molecule has 0 aliphatic rings. The molecule has 1 N–H and O–H groups in total. The molecule has 0 heterocycles. The van der Waals surface area contributed by atoms with Gasteiger partial charge in [0.05, 0.1) is 7.11 Å². The first-order chi connectivity index (χ1) is 7.69. The van der Waals surface area contributed by atoms with Gasteiger partial charge in [0, 0.05) is 0 Å². The molecule has 0 saturated carbocycles. The molecule has 0 unspecified atom stereocenters. The lowest BCUT2D eigenvalue weighted by molar-refractivity contribution is 0.310. The number of ether oxygens (including phenoxy) is 1. The number of benzene rings is 1. The molecule has 0 atom stereocenters. The maximum Gasteiger partial charge on any atom is 0.446 e. The average Bonchev–Trinajstić information content (AvgIpc) is 2.21. The van der Waals surface area contributed by atoms with Gasteiger partial charge in [-0.05, 0) is 0 Å². The summed E-state index contributed by atoms with van der Waals surface area (Å²) in [6.45, 7) is 0. The topological polar surface area (TPSA) is 72.8 Å². The Bertz CT molecular complexity index is 527. The van der Waals surface area contributed by atoms with Crippen molar-refractivity contribution in [3.63, 3.8) is 0 Å². The van der Waals surface area contributed by atoms with Gasteiger partial charge in [-0.1, -0.05) is 0 Å². The van der Waals surface area contributed by atoms with Crippen LogP contribution in [-0.2, 0) is 10.4 Å². The van der Waals surface area contributed by atoms with Crippen LogP contribution in [0.1, 0.15) is 0 Å². The van der Waals surface area contributed by atoms with Gasteiger partial charge in [0.25, 0.3) is 0 Å². The third-order valence-electron chi connectivity index (χ3n) is 1.58. The molecule has 1 rings (SSSR count). The van der Waals surface area contributed by atoms with Crippen LogP contribution in [0.25, 0.3) is 0 Å². The Kier molecular flexibility index (Phi) is 3.48. The van der Waals surface area contributed by atoms with Crippen LogP contribution in [-0.4, -0.2) is 20.1 Å². The minimum Gasteiger partial charge on any atom is -0.491 e. The van der Waals surface area contributed by atoms with E-state index in [-0.39, 0.29) is 0 Å². The highest BCUT2D eigenvalue weighted by molar-refractivity contribution is 7.81. The molecule has 0 aromatic heterocycles. The van der Waals surface area contributed by atoms with Crippen LogP contribution in [0.2, 0.25) is 0 Å². The second-order valence-electron chi connectivity index (χ2n) is 2.63. The van der Waals surface area contributed by atoms with Crippen molar-refractivity contribution in [2.24, 2.45) is 0 Å². The molecule has 0 spiro atoms. The van der Waals surface area contributed by atoms with Crippen LogP contribution in [0.5, 0.6) is 11.5 Å². The fraction of sp³-hybridized carbons (Fsp3) is 0.143. The lowest BCUT2D eigenvalue weighted by Crippen LogP contribution is -2.12. The van der Waals surface area contributed by atoms with Crippen molar-refractivity contribution < 1.29 is 39.5 Å². The van der Waals surface area contributed by atoms with Gasteiger partial charge >= 0.3 is 10.4 Å². The predicted molar refractivity (Wildman–Crippen MR) is 45.0 cm³/mol. The van der Waals surface area contributed by atoms with E-state index in [2.05, 4.69) is 8.92 Å². The van der Waals surface area contributed by atoms with Crippen molar-refractivity contribution in [2.75, 3.05) is 7.11 Å². The standard InChI is InChI=1S/C7H4F4O5S/c1-15-6-2(8)4(10)7(5(11)3(6)9)16-17(12,13)14/h1H3,(H,12,13,14). The SMILES string of the molecule is COc1c(F)c(F)c(OS(=O)(=O)O)c(F)c1F. The zero-order chi connectivity index (χ0) is 13.4. The summed E-state index contributed by atoms with van der Waals surface area (Å²) in [7, 11) is -4.59. The zero-order valence-corrected chi connectivity index (χ0v) is 8.82. The Labute approximate surface area is 92.5 Å². The minimum atomic E-state index is -5.33. The Morgan fingerprint density at radius 2 is 1.29 bits per heavy atom. The van der Waals surface area contributed by atoms with Crippen molar-refractivity contribution in [3.8, 4) is 11.5 Å². The van der Waals surface area contributed by atoms with Crippen LogP contribution >= 0.6 is 0 Å². The fourth-order valence-corrected chi connectivity index (χ4v) is 1.31. The predicted octanol–water partition coefficient (Wildman–Crippen LogP) is 1.43. The first-order valence-electron chi connectivity index (χ1n) is 3.75. The molecule has 0 bridgehead atoms. The molecule has 5 nitrogen and oxygen atoms in total. The highest BCUT2D eigenvalue weighted by atomic mass is 32.3. The Morgan fingerprint density at radius 1 is 0.941 bits per heavy atom. The van der Waals surface area contributed by atoms with E-state index in [1.54, 1.807) is 0 Å². The monoisotopic (exact) mass is 276 g/mol. The van der Waals surface area contributed by atoms with E-state index < -0.39 is 45.2 Å². The molecule has 0 radical (unpaired) electrons. The van der Waals surface area contributed by atoms with Gasteiger partial charge in [-0.2, -0.15) is 26.0 Å². The summed E-state index contributed by atoms with van der Waals surface area (Å²) in [5.74, 6) is -11.6. The molecule has 0 fully saturated rings. The van der Waals surface area contributed by atoms with Crippen molar-refractivity contribution >= 4 is 10.4 Å². The number of methoxy groups -OCH3 is 1. The van der Waals surface area contributed by atoms with Gasteiger partial charge in [0.2, 0.25) is 29.0 Å². The molecule has 1 aromatic carbocycles. The third-order valence-corrected chi connectivity index (χ3v) is 1.95. The van der Waals surface area contributed by atoms with E-state index in [1.165, 1.54) is 0 Å². The number of hydrogen-bond acceptors (Lipinski definition) is 4. The normalized spacial score (nSPS) is 11.4. The van der Waals surface area contributed by atoms with Gasteiger partial charge in [0.15, 0.2) is 5.75 Å². The summed E-state index contributed by atoms with van der Waals surface area (Å²) in [5, 5.41) is 0. The first-order valence-corrected chi connectivity index (χ1v) is 5.12. The number of halogens is 4. The largest absolute Gasteiger partial charge is 0.491 e. The van der Waals surface area contributed by atoms with Crippen molar-refractivity contribution in [1.29, 1.82) is 0 Å². The Balaban J connectivity index is 3.53. The van der Waals surface area contributed by atoms with E-state index in [9.17, 15) is 26.0 Å². The second-order valence-corrected chi connectivity index (χ2v) is 3.65. The van der Waals surface area contributed by atoms with E-state index in [4.69, 9.17) is 4.55 Å². The summed E-state index contributed by atoms with van der Waals surface area (Å²) in [4.78, 5) is 0. The maximum atomic E-state index is 13.1. The van der Waals surface area contributed by atoms with Gasteiger partial charge in [0.1, 0.15) is 0 Å². The molecule has 0 aliphatic heterocycles. The van der Waals surface area contributed by atoms with Crippen molar-refractivity contribution in [1.82, 2.24) is 0 Å². The highest BCUT2D eigenvalue weighted by Crippen LogP contribution is 2.34. The average molecular weight is 276 g/mol. The molecule has 0 aliphatic carbocycles. The first kappa shape index (κ1) is 13.5. The third kappa shape index (κ3) is 2.58. The minimum absolute atomic E-state index is 0.740. The number of hydrogen-bond donors (Lipinski definition) is 1. The van der Waals surface area contributed by atoms with Crippen molar-refractivity contribution in [2.45, 2.75) is 0 Å². The fourth-order valence-electron chi connectivity index (χ4n) is 0.949. The Morgan fingerprint density at radius 3 is 1.59 bits per heavy atom. The van der Waals surface area contributed by atoms with Gasteiger partial charge in [-0.25, -0.2) is 0 Å². The lowest BCUT2D eigenvalue weighted by atomic mass is 10.2. The van der Waals surface area contributed by atoms with Gasteiger partial charge in [-0.3, -0.25) is 4.55 Å². The zero-order valence-electron chi connectivity index (χ0n) is 8.00. The summed E-state index contributed by atoms with van der Waals surface area (Å²) >= 11 is 0. The van der Waals surface area contributed by atoms with Crippen LogP contribution in [0.4, 0.5) is 17.6 Å². The summed E-state index contributed by atoms with van der Waals surface area (Å²) in [6.07, 6.45) is 0. The molecular weight excluding hydrogens is 272 g/mol. The number of rotatable bonds is 3. The van der Waals surface area contributed by atoms with Crippen molar-refractivity contribution in [3.05, 3.63) is 23.3 Å². The van der Waals surface area contributed by atoms with Gasteiger partial charge < -0.3 is 8.92 Å². The summed E-state index contributed by atoms with van der Waals surface area (Å²) in [6, 6.07) is 0. The molecule has 0 amide bonds. The highest BCUT2D eigenvalue weighted by Gasteiger charge is 2.30. The molecule has 1 aromatic rings. The molecular formula is C7H4F4O5S. The van der Waals surface area contributed by atoms with Crippen LogP contribution in [0.3, 0.4) is 0 Å². The molecule has 10 heteroatoms. The van der Waals surface area contributed by atoms with E-state index in [1.807, 2.05) is 0 Å². The molecule has 17 heavy (non-hydrogen) atoms. The lowest BCUT2D eigenvalue weighted by Gasteiger charge is -2.09. The summed E-state index contributed by atoms with van der Waals surface area (Å²) < 4.78 is 88.1.